The molecule has 0 radical (unpaired) electrons. The zero-order chi connectivity index (χ0) is 13.0. The first kappa shape index (κ1) is 10.2. The number of nitrogens with one attached hydrogen (secondary N) is 1. The quantitative estimate of drug-likeness (QED) is 0.504. The van der Waals surface area contributed by atoms with Crippen LogP contribution in [-0.2, 0) is 0 Å². The fourth-order valence-corrected chi connectivity index (χ4v) is 2.46. The second-order valence-electron chi connectivity index (χ2n) is 4.49. The number of hydrogen-bond acceptors (Lipinski definition) is 3. The summed E-state index contributed by atoms with van der Waals surface area (Å²) in [6.45, 7) is 0. The number of H-pyrrole nitrogens is 1. The van der Waals surface area contributed by atoms with Crippen molar-refractivity contribution < 1.29 is 9.52 Å². The van der Waals surface area contributed by atoms with Crippen LogP contribution in [0.3, 0.4) is 0 Å². The maximum atomic E-state index is 12.1. The lowest BCUT2D eigenvalue weighted by Gasteiger charge is -1.96. The molecule has 0 saturated carbocycles. The largest absolute Gasteiger partial charge is 0.508 e. The van der Waals surface area contributed by atoms with Gasteiger partial charge in [-0.05, 0) is 18.2 Å². The highest BCUT2D eigenvalue weighted by Gasteiger charge is 2.12. The molecular formula is C15H9NO3. The molecule has 4 nitrogen and oxygen atoms in total. The van der Waals surface area contributed by atoms with Crippen molar-refractivity contribution in [2.75, 3.05) is 0 Å². The Balaban J connectivity index is 2.35. The van der Waals surface area contributed by atoms with Crippen molar-refractivity contribution >= 4 is 32.8 Å². The highest BCUT2D eigenvalue weighted by molar-refractivity contribution is 6.12. The monoisotopic (exact) mass is 251 g/mol. The van der Waals surface area contributed by atoms with E-state index in [9.17, 15) is 9.90 Å². The van der Waals surface area contributed by atoms with Gasteiger partial charge in [0, 0.05) is 16.8 Å². The molecule has 4 rings (SSSR count). The number of fused-ring (bicyclic) bond motifs is 5. The molecule has 0 bridgehead atoms. The number of pyridine rings is 1. The Bertz CT molecular complexity index is 995. The smallest absolute Gasteiger partial charge is 0.256 e. The normalized spacial score (nSPS) is 11.6. The van der Waals surface area contributed by atoms with Gasteiger partial charge in [-0.2, -0.15) is 0 Å². The molecule has 4 heteroatoms. The minimum atomic E-state index is -0.140. The van der Waals surface area contributed by atoms with Crippen LogP contribution in [0.5, 0.6) is 5.75 Å². The maximum absolute atomic E-state index is 12.1. The summed E-state index contributed by atoms with van der Waals surface area (Å²) in [6.07, 6.45) is 0. The van der Waals surface area contributed by atoms with Crippen molar-refractivity contribution in [1.29, 1.82) is 0 Å². The Kier molecular flexibility index (Phi) is 1.82. The van der Waals surface area contributed by atoms with Gasteiger partial charge in [-0.3, -0.25) is 4.79 Å². The topological polar surface area (TPSA) is 66.2 Å². The molecule has 2 N–H and O–H groups in total. The number of aromatic nitrogens is 1. The summed E-state index contributed by atoms with van der Waals surface area (Å²) in [5, 5.41) is 11.6. The van der Waals surface area contributed by atoms with Gasteiger partial charge < -0.3 is 14.5 Å². The maximum Gasteiger partial charge on any atom is 0.256 e. The SMILES string of the molecule is O=c1[nH]c2c3ccc(O)cc3oc2c2ccccc12. The highest BCUT2D eigenvalue weighted by Crippen LogP contribution is 2.32. The molecule has 0 saturated heterocycles. The number of phenols is 1. The second kappa shape index (κ2) is 3.38. The van der Waals surface area contributed by atoms with Gasteiger partial charge in [0.1, 0.15) is 11.3 Å². The summed E-state index contributed by atoms with van der Waals surface area (Å²) < 4.78 is 5.77. The molecule has 0 unspecified atom stereocenters. The Morgan fingerprint density at radius 2 is 1.79 bits per heavy atom. The van der Waals surface area contributed by atoms with Gasteiger partial charge in [-0.1, -0.05) is 18.2 Å². The van der Waals surface area contributed by atoms with Crippen LogP contribution in [0.15, 0.2) is 51.7 Å². The van der Waals surface area contributed by atoms with Crippen molar-refractivity contribution in [2.24, 2.45) is 0 Å². The van der Waals surface area contributed by atoms with Crippen LogP contribution in [0.4, 0.5) is 0 Å². The zero-order valence-corrected chi connectivity index (χ0v) is 9.81. The summed E-state index contributed by atoms with van der Waals surface area (Å²) in [4.78, 5) is 14.9. The predicted octanol–water partition coefficient (Wildman–Crippen LogP) is 3.13. The van der Waals surface area contributed by atoms with Gasteiger partial charge in [-0.25, -0.2) is 0 Å². The van der Waals surface area contributed by atoms with Gasteiger partial charge in [0.25, 0.3) is 5.56 Å². The highest BCUT2D eigenvalue weighted by atomic mass is 16.3. The van der Waals surface area contributed by atoms with E-state index in [1.54, 1.807) is 24.3 Å². The third kappa shape index (κ3) is 1.31. The van der Waals surface area contributed by atoms with E-state index < -0.39 is 0 Å². The van der Waals surface area contributed by atoms with Crippen LogP contribution in [0.2, 0.25) is 0 Å². The first-order chi connectivity index (χ1) is 9.24. The Morgan fingerprint density at radius 1 is 1.00 bits per heavy atom. The number of rotatable bonds is 0. The number of aromatic amines is 1. The van der Waals surface area contributed by atoms with Crippen LogP contribution >= 0.6 is 0 Å². The summed E-state index contributed by atoms with van der Waals surface area (Å²) in [5.74, 6) is 0.137. The fourth-order valence-electron chi connectivity index (χ4n) is 2.46. The van der Waals surface area contributed by atoms with E-state index in [0.29, 0.717) is 22.1 Å². The van der Waals surface area contributed by atoms with Crippen molar-refractivity contribution in [3.8, 4) is 5.75 Å². The van der Waals surface area contributed by atoms with Crippen LogP contribution in [-0.4, -0.2) is 10.1 Å². The molecule has 0 aliphatic heterocycles. The van der Waals surface area contributed by atoms with E-state index in [4.69, 9.17) is 4.42 Å². The van der Waals surface area contributed by atoms with E-state index in [-0.39, 0.29) is 11.3 Å². The molecule has 19 heavy (non-hydrogen) atoms. The fraction of sp³-hybridized carbons (Fsp3) is 0. The summed E-state index contributed by atoms with van der Waals surface area (Å²) in [5.41, 5.74) is 1.72. The summed E-state index contributed by atoms with van der Waals surface area (Å²) in [7, 11) is 0. The molecule has 0 spiro atoms. The number of phenolic OH excluding ortho intramolecular Hbond substituents is 1. The lowest BCUT2D eigenvalue weighted by atomic mass is 10.1. The van der Waals surface area contributed by atoms with Crippen LogP contribution in [0.1, 0.15) is 0 Å². The van der Waals surface area contributed by atoms with Crippen molar-refractivity contribution in [3.63, 3.8) is 0 Å². The average molecular weight is 251 g/mol. The van der Waals surface area contributed by atoms with E-state index in [1.165, 1.54) is 0 Å². The third-order valence-corrected chi connectivity index (χ3v) is 3.33. The van der Waals surface area contributed by atoms with E-state index >= 15 is 0 Å². The lowest BCUT2D eigenvalue weighted by Crippen LogP contribution is -2.05. The number of hydrogen-bond donors (Lipinski definition) is 2. The predicted molar refractivity (Wildman–Crippen MR) is 73.5 cm³/mol. The second-order valence-corrected chi connectivity index (χ2v) is 4.49. The van der Waals surface area contributed by atoms with Crippen LogP contribution in [0, 0.1) is 0 Å². The third-order valence-electron chi connectivity index (χ3n) is 3.33. The number of benzene rings is 2. The van der Waals surface area contributed by atoms with Crippen LogP contribution in [0.25, 0.3) is 32.8 Å². The molecule has 0 fully saturated rings. The molecule has 92 valence electrons. The Morgan fingerprint density at radius 3 is 2.63 bits per heavy atom. The van der Waals surface area contributed by atoms with Gasteiger partial charge in [0.05, 0.1) is 10.9 Å². The zero-order valence-electron chi connectivity index (χ0n) is 9.81. The first-order valence-electron chi connectivity index (χ1n) is 5.90. The Labute approximate surface area is 106 Å². The molecule has 4 aromatic rings. The Hall–Kier alpha value is -2.75. The van der Waals surface area contributed by atoms with E-state index in [1.807, 2.05) is 18.2 Å². The number of furan rings is 1. The average Bonchev–Trinajstić information content (AvgIpc) is 2.77. The van der Waals surface area contributed by atoms with Crippen molar-refractivity contribution in [2.45, 2.75) is 0 Å². The molecule has 0 aliphatic carbocycles. The lowest BCUT2D eigenvalue weighted by molar-refractivity contribution is 0.475. The summed E-state index contributed by atoms with van der Waals surface area (Å²) >= 11 is 0. The molecule has 2 aromatic carbocycles. The van der Waals surface area contributed by atoms with Gasteiger partial charge in [-0.15, -0.1) is 0 Å². The van der Waals surface area contributed by atoms with E-state index in [2.05, 4.69) is 4.98 Å². The standard InChI is InChI=1S/C15H9NO3/c17-8-5-6-11-12(7-8)19-14-9-3-1-2-4-10(9)15(18)16-13(11)14/h1-7,17H,(H,16,18). The molecular weight excluding hydrogens is 242 g/mol. The summed E-state index contributed by atoms with van der Waals surface area (Å²) in [6, 6.07) is 12.2. The molecule has 0 atom stereocenters. The molecule has 2 heterocycles. The first-order valence-corrected chi connectivity index (χ1v) is 5.90. The van der Waals surface area contributed by atoms with Gasteiger partial charge in [0.2, 0.25) is 0 Å². The minimum absolute atomic E-state index is 0.137. The molecule has 0 amide bonds. The molecule has 2 aromatic heterocycles. The van der Waals surface area contributed by atoms with Gasteiger partial charge >= 0.3 is 0 Å². The van der Waals surface area contributed by atoms with Crippen LogP contribution < -0.4 is 5.56 Å². The minimum Gasteiger partial charge on any atom is -0.508 e. The van der Waals surface area contributed by atoms with Crippen molar-refractivity contribution in [3.05, 3.63) is 52.8 Å². The van der Waals surface area contributed by atoms with Gasteiger partial charge in [0.15, 0.2) is 5.58 Å². The molecule has 0 aliphatic rings. The number of aromatic hydroxyl groups is 1. The van der Waals surface area contributed by atoms with E-state index in [0.717, 1.165) is 10.8 Å². The van der Waals surface area contributed by atoms with Crippen molar-refractivity contribution in [1.82, 2.24) is 4.98 Å².